The van der Waals surface area contributed by atoms with E-state index in [1.165, 1.54) is 6.07 Å². The van der Waals surface area contributed by atoms with E-state index in [0.29, 0.717) is 17.7 Å². The van der Waals surface area contributed by atoms with Crippen LogP contribution < -0.4 is 0 Å². The molecule has 6 heteroatoms. The lowest BCUT2D eigenvalue weighted by Gasteiger charge is -2.32. The predicted molar refractivity (Wildman–Crippen MR) is 113 cm³/mol. The molecule has 1 unspecified atom stereocenters. The van der Waals surface area contributed by atoms with Crippen molar-refractivity contribution in [1.29, 1.82) is 0 Å². The quantitative estimate of drug-likeness (QED) is 0.292. The highest BCUT2D eigenvalue weighted by molar-refractivity contribution is 5.94. The summed E-state index contributed by atoms with van der Waals surface area (Å²) in [4.78, 5) is 19.2. The number of rotatable bonds is 11. The SMILES string of the molecule is C/C=C(\N=CCC)C(=O)N(Cc1cccc(C(F)(F)F)c1)C(CCC)CCCC. The van der Waals surface area contributed by atoms with Crippen molar-refractivity contribution < 1.29 is 18.0 Å². The Kier molecular flexibility index (Phi) is 10.7. The summed E-state index contributed by atoms with van der Waals surface area (Å²) in [6.45, 7) is 7.96. The molecule has 0 aliphatic heterocycles. The fourth-order valence-electron chi connectivity index (χ4n) is 3.23. The van der Waals surface area contributed by atoms with Gasteiger partial charge in [-0.25, -0.2) is 0 Å². The van der Waals surface area contributed by atoms with Crippen LogP contribution in [-0.2, 0) is 17.5 Å². The molecular weight excluding hydrogens is 377 g/mol. The second-order valence-corrected chi connectivity index (χ2v) is 7.11. The van der Waals surface area contributed by atoms with Crippen LogP contribution in [0.15, 0.2) is 41.0 Å². The van der Waals surface area contributed by atoms with Crippen LogP contribution in [0.4, 0.5) is 13.2 Å². The summed E-state index contributed by atoms with van der Waals surface area (Å²) >= 11 is 0. The highest BCUT2D eigenvalue weighted by Crippen LogP contribution is 2.30. The number of amides is 1. The molecule has 0 aliphatic rings. The fraction of sp³-hybridized carbons (Fsp3) is 0.565. The molecule has 0 radical (unpaired) electrons. The number of halogens is 3. The van der Waals surface area contributed by atoms with E-state index in [1.807, 2.05) is 6.92 Å². The van der Waals surface area contributed by atoms with Gasteiger partial charge in [-0.05, 0) is 43.9 Å². The zero-order valence-corrected chi connectivity index (χ0v) is 17.9. The molecule has 0 heterocycles. The number of hydrogen-bond donors (Lipinski definition) is 0. The van der Waals surface area contributed by atoms with Crippen molar-refractivity contribution in [2.45, 2.75) is 85.0 Å². The molecule has 0 aliphatic carbocycles. The molecule has 1 atom stereocenters. The first-order valence-corrected chi connectivity index (χ1v) is 10.4. The van der Waals surface area contributed by atoms with Gasteiger partial charge in [-0.1, -0.05) is 58.2 Å². The van der Waals surface area contributed by atoms with Crippen molar-refractivity contribution in [3.63, 3.8) is 0 Å². The highest BCUT2D eigenvalue weighted by Gasteiger charge is 2.31. The van der Waals surface area contributed by atoms with Gasteiger partial charge < -0.3 is 4.90 Å². The molecule has 3 nitrogen and oxygen atoms in total. The van der Waals surface area contributed by atoms with Gasteiger partial charge in [0, 0.05) is 18.8 Å². The van der Waals surface area contributed by atoms with E-state index >= 15 is 0 Å². The summed E-state index contributed by atoms with van der Waals surface area (Å²) < 4.78 is 39.4. The first-order valence-electron chi connectivity index (χ1n) is 10.4. The number of allylic oxidation sites excluding steroid dienone is 1. The second-order valence-electron chi connectivity index (χ2n) is 7.11. The third kappa shape index (κ3) is 8.03. The van der Waals surface area contributed by atoms with Gasteiger partial charge in [0.15, 0.2) is 0 Å². The molecule has 0 bridgehead atoms. The summed E-state index contributed by atoms with van der Waals surface area (Å²) in [5, 5.41) is 0. The number of alkyl halides is 3. The van der Waals surface area contributed by atoms with Crippen LogP contribution in [-0.4, -0.2) is 23.1 Å². The van der Waals surface area contributed by atoms with Gasteiger partial charge in [0.05, 0.1) is 5.56 Å². The lowest BCUT2D eigenvalue weighted by molar-refractivity contribution is -0.137. The van der Waals surface area contributed by atoms with Crippen LogP contribution in [0, 0.1) is 0 Å². The normalized spacial score (nSPS) is 13.7. The lowest BCUT2D eigenvalue weighted by atomic mass is 10.0. The minimum atomic E-state index is -4.41. The number of benzene rings is 1. The number of aliphatic imine (C=N–C) groups is 1. The van der Waals surface area contributed by atoms with Gasteiger partial charge in [0.1, 0.15) is 5.70 Å². The highest BCUT2D eigenvalue weighted by atomic mass is 19.4. The molecule has 0 fully saturated rings. The Morgan fingerprint density at radius 2 is 1.90 bits per heavy atom. The maximum Gasteiger partial charge on any atom is 0.416 e. The first kappa shape index (κ1) is 24.9. The van der Waals surface area contributed by atoms with Crippen LogP contribution in [0.1, 0.15) is 77.3 Å². The lowest BCUT2D eigenvalue weighted by Crippen LogP contribution is -2.40. The van der Waals surface area contributed by atoms with Gasteiger partial charge >= 0.3 is 6.18 Å². The summed E-state index contributed by atoms with van der Waals surface area (Å²) in [6.07, 6.45) is 4.11. The van der Waals surface area contributed by atoms with Crippen LogP contribution in [0.3, 0.4) is 0 Å². The Morgan fingerprint density at radius 1 is 1.17 bits per heavy atom. The number of carbonyl (C=O) groups is 1. The van der Waals surface area contributed by atoms with Crippen molar-refractivity contribution in [2.75, 3.05) is 0 Å². The van der Waals surface area contributed by atoms with E-state index in [2.05, 4.69) is 18.8 Å². The molecular formula is C23H33F3N2O. The Balaban J connectivity index is 3.28. The van der Waals surface area contributed by atoms with Crippen molar-refractivity contribution in [2.24, 2.45) is 4.99 Å². The summed E-state index contributed by atoms with van der Waals surface area (Å²) in [5.41, 5.74) is 0.107. The molecule has 1 amide bonds. The molecule has 0 spiro atoms. The fourth-order valence-corrected chi connectivity index (χ4v) is 3.23. The summed E-state index contributed by atoms with van der Waals surface area (Å²) in [7, 11) is 0. The van der Waals surface area contributed by atoms with Crippen LogP contribution in [0.25, 0.3) is 0 Å². The van der Waals surface area contributed by atoms with Gasteiger partial charge in [-0.3, -0.25) is 9.79 Å². The van der Waals surface area contributed by atoms with Crippen LogP contribution in [0.5, 0.6) is 0 Å². The average Bonchev–Trinajstić information content (AvgIpc) is 2.69. The van der Waals surface area contributed by atoms with Gasteiger partial charge in [0.2, 0.25) is 0 Å². The molecule has 1 rings (SSSR count). The Hall–Kier alpha value is -2.11. The summed E-state index contributed by atoms with van der Waals surface area (Å²) in [5.74, 6) is -0.232. The molecule has 0 saturated carbocycles. The maximum absolute atomic E-state index is 13.3. The molecule has 0 N–H and O–H groups in total. The van der Waals surface area contributed by atoms with Crippen molar-refractivity contribution in [3.8, 4) is 0 Å². The van der Waals surface area contributed by atoms with E-state index in [-0.39, 0.29) is 18.5 Å². The van der Waals surface area contributed by atoms with Crippen molar-refractivity contribution >= 4 is 12.1 Å². The molecule has 1 aromatic rings. The van der Waals surface area contributed by atoms with Crippen LogP contribution >= 0.6 is 0 Å². The largest absolute Gasteiger partial charge is 0.416 e. The molecule has 1 aromatic carbocycles. The molecule has 0 aromatic heterocycles. The van der Waals surface area contributed by atoms with Gasteiger partial charge in [0.25, 0.3) is 5.91 Å². The minimum absolute atomic E-state index is 0.0335. The van der Waals surface area contributed by atoms with Crippen LogP contribution in [0.2, 0.25) is 0 Å². The third-order valence-electron chi connectivity index (χ3n) is 4.73. The zero-order chi connectivity index (χ0) is 21.9. The molecule has 0 saturated heterocycles. The first-order chi connectivity index (χ1) is 13.8. The van der Waals surface area contributed by atoms with E-state index < -0.39 is 11.7 Å². The second kappa shape index (κ2) is 12.5. The minimum Gasteiger partial charge on any atom is -0.330 e. The number of carbonyl (C=O) groups excluding carboxylic acids is 1. The zero-order valence-electron chi connectivity index (χ0n) is 17.9. The molecule has 29 heavy (non-hydrogen) atoms. The topological polar surface area (TPSA) is 32.7 Å². The van der Waals surface area contributed by atoms with Gasteiger partial charge in [-0.15, -0.1) is 0 Å². The smallest absolute Gasteiger partial charge is 0.330 e. The Bertz CT molecular complexity index is 696. The number of unbranched alkanes of at least 4 members (excludes halogenated alkanes) is 1. The number of nitrogens with zero attached hydrogens (tertiary/aromatic N) is 2. The van der Waals surface area contributed by atoms with E-state index in [4.69, 9.17) is 0 Å². The average molecular weight is 411 g/mol. The third-order valence-corrected chi connectivity index (χ3v) is 4.73. The standard InChI is InChI=1S/C23H33F3N2O/c1-5-9-14-20(11-6-2)28(22(29)21(8-4)27-15-7-3)17-18-12-10-13-19(16-18)23(24,25)26/h8,10,12-13,15-16,20H,5-7,9,11,14,17H2,1-4H3/b21-8-,27-15?. The Morgan fingerprint density at radius 3 is 2.45 bits per heavy atom. The van der Waals surface area contributed by atoms with E-state index in [0.717, 1.165) is 44.2 Å². The number of hydrogen-bond acceptors (Lipinski definition) is 2. The van der Waals surface area contributed by atoms with E-state index in [9.17, 15) is 18.0 Å². The summed E-state index contributed by atoms with van der Waals surface area (Å²) in [6, 6.07) is 5.19. The van der Waals surface area contributed by atoms with Crippen molar-refractivity contribution in [3.05, 3.63) is 47.2 Å². The van der Waals surface area contributed by atoms with Gasteiger partial charge in [-0.2, -0.15) is 13.2 Å². The monoisotopic (exact) mass is 410 g/mol. The Labute approximate surface area is 172 Å². The van der Waals surface area contributed by atoms with E-state index in [1.54, 1.807) is 30.2 Å². The maximum atomic E-state index is 13.3. The molecule has 162 valence electrons. The van der Waals surface area contributed by atoms with Crippen molar-refractivity contribution in [1.82, 2.24) is 4.90 Å². The predicted octanol–water partition coefficient (Wildman–Crippen LogP) is 6.78.